The highest BCUT2D eigenvalue weighted by Crippen LogP contribution is 2.51. The van der Waals surface area contributed by atoms with Gasteiger partial charge in [0.25, 0.3) is 0 Å². The third-order valence-corrected chi connectivity index (χ3v) is 13.4. The first-order valence-corrected chi connectivity index (χ1v) is 22.5. The largest absolute Gasteiger partial charge is 0.454 e. The van der Waals surface area contributed by atoms with E-state index in [1.807, 2.05) is 48.5 Å². The van der Waals surface area contributed by atoms with Crippen molar-refractivity contribution in [1.82, 2.24) is 0 Å². The highest BCUT2D eigenvalue weighted by Gasteiger charge is 2.26. The minimum Gasteiger partial charge on any atom is -0.454 e. The molecule has 0 fully saturated rings. The first-order chi connectivity index (χ1) is 32.3. The van der Waals surface area contributed by atoms with E-state index in [0.717, 1.165) is 110 Å². The Bertz CT molecular complexity index is 3710. The lowest BCUT2D eigenvalue weighted by Crippen LogP contribution is -2.12. The predicted octanol–water partition coefficient (Wildman–Crippen LogP) is 17.3. The number of nitriles is 2. The van der Waals surface area contributed by atoms with E-state index in [9.17, 15) is 10.5 Å². The molecule has 10 aromatic carbocycles. The molecule has 0 amide bonds. The standard InChI is InChI=1S/C60H42N4O2/c1-35(2)43-9-5-11-45-47-13-7-15-53(59(47)65-57(43)45)63(41-25-17-37(33-61)18-26-41)51-31-23-39-22-30-50-52(32-24-40-21-29-49(51)55(39)56(40)50)64(42-27-19-38(34-62)20-28-42)54-16-8-14-48-46-12-6-10-44(36(3)4)58(46)66-60(48)54/h5-32,35-36H,1-4H3. The maximum atomic E-state index is 9.84. The van der Waals surface area contributed by atoms with E-state index in [1.54, 1.807) is 0 Å². The second kappa shape index (κ2) is 15.0. The number of rotatable bonds is 8. The summed E-state index contributed by atoms with van der Waals surface area (Å²) in [5.41, 5.74) is 12.6. The summed E-state index contributed by atoms with van der Waals surface area (Å²) in [5, 5.41) is 30.6. The van der Waals surface area contributed by atoms with Crippen molar-refractivity contribution >= 4 is 110 Å². The van der Waals surface area contributed by atoms with Crippen LogP contribution in [0, 0.1) is 22.7 Å². The second-order valence-electron chi connectivity index (χ2n) is 17.8. The van der Waals surface area contributed by atoms with Crippen molar-refractivity contribution in [3.05, 3.63) is 192 Å². The molecule has 6 nitrogen and oxygen atoms in total. The molecule has 0 aliphatic carbocycles. The van der Waals surface area contributed by atoms with Gasteiger partial charge in [-0.05, 0) is 117 Å². The summed E-state index contributed by atoms with van der Waals surface area (Å²) in [5.74, 6) is 0.569. The van der Waals surface area contributed by atoms with Gasteiger partial charge >= 0.3 is 0 Å². The summed E-state index contributed by atoms with van der Waals surface area (Å²) in [4.78, 5) is 4.56. The minimum atomic E-state index is 0.284. The first-order valence-electron chi connectivity index (χ1n) is 22.5. The maximum absolute atomic E-state index is 9.84. The lowest BCUT2D eigenvalue weighted by Gasteiger charge is -2.29. The van der Waals surface area contributed by atoms with Gasteiger partial charge in [-0.3, -0.25) is 0 Å². The van der Waals surface area contributed by atoms with Crippen molar-refractivity contribution in [2.45, 2.75) is 39.5 Å². The summed E-state index contributed by atoms with van der Waals surface area (Å²) < 4.78 is 13.9. The smallest absolute Gasteiger partial charge is 0.159 e. The van der Waals surface area contributed by atoms with Crippen LogP contribution < -0.4 is 9.80 Å². The van der Waals surface area contributed by atoms with Crippen molar-refractivity contribution in [3.63, 3.8) is 0 Å². The van der Waals surface area contributed by atoms with Crippen molar-refractivity contribution in [2.24, 2.45) is 0 Å². The van der Waals surface area contributed by atoms with Gasteiger partial charge in [-0.1, -0.05) is 125 Å². The van der Waals surface area contributed by atoms with Crippen LogP contribution in [0.25, 0.3) is 76.2 Å². The van der Waals surface area contributed by atoms with E-state index in [0.29, 0.717) is 11.1 Å². The van der Waals surface area contributed by atoms with E-state index >= 15 is 0 Å². The van der Waals surface area contributed by atoms with Crippen molar-refractivity contribution in [1.29, 1.82) is 10.5 Å². The fourth-order valence-corrected chi connectivity index (χ4v) is 10.3. The zero-order valence-electron chi connectivity index (χ0n) is 36.9. The molecular formula is C60H42N4O2. The normalized spacial score (nSPS) is 11.9. The Labute approximate surface area is 381 Å². The summed E-state index contributed by atoms with van der Waals surface area (Å²) in [6, 6.07) is 63.6. The minimum absolute atomic E-state index is 0.284. The number of para-hydroxylation sites is 4. The monoisotopic (exact) mass is 850 g/mol. The Morgan fingerprint density at radius 3 is 1.11 bits per heavy atom. The van der Waals surface area contributed by atoms with Crippen LogP contribution in [0.3, 0.4) is 0 Å². The molecule has 0 radical (unpaired) electrons. The van der Waals surface area contributed by atoms with Crippen LogP contribution in [-0.4, -0.2) is 0 Å². The summed E-state index contributed by atoms with van der Waals surface area (Å²) >= 11 is 0. The molecule has 0 unspecified atom stereocenters. The van der Waals surface area contributed by atoms with Gasteiger partial charge in [0, 0.05) is 43.7 Å². The van der Waals surface area contributed by atoms with Crippen molar-refractivity contribution < 1.29 is 8.83 Å². The topological polar surface area (TPSA) is 80.3 Å². The van der Waals surface area contributed by atoms with E-state index in [-0.39, 0.29) is 11.8 Å². The molecule has 0 bridgehead atoms. The van der Waals surface area contributed by atoms with Gasteiger partial charge in [0.05, 0.1) is 46.0 Å². The van der Waals surface area contributed by atoms with Crippen LogP contribution in [0.4, 0.5) is 34.1 Å². The van der Waals surface area contributed by atoms with Crippen molar-refractivity contribution in [3.8, 4) is 12.1 Å². The quantitative estimate of drug-likeness (QED) is 0.142. The molecule has 0 saturated heterocycles. The van der Waals surface area contributed by atoms with E-state index in [4.69, 9.17) is 8.83 Å². The lowest BCUT2D eigenvalue weighted by molar-refractivity contribution is 0.657. The van der Waals surface area contributed by atoms with Crippen LogP contribution >= 0.6 is 0 Å². The Kier molecular flexibility index (Phi) is 8.88. The second-order valence-corrected chi connectivity index (χ2v) is 17.8. The van der Waals surface area contributed by atoms with Crippen LogP contribution in [-0.2, 0) is 0 Å². The predicted molar refractivity (Wildman–Crippen MR) is 272 cm³/mol. The lowest BCUT2D eigenvalue weighted by atomic mass is 9.91. The van der Waals surface area contributed by atoms with E-state index in [2.05, 4.69) is 171 Å². The number of hydrogen-bond acceptors (Lipinski definition) is 6. The Morgan fingerprint density at radius 1 is 0.364 bits per heavy atom. The molecular weight excluding hydrogens is 809 g/mol. The number of fused-ring (bicyclic) bond motifs is 6. The van der Waals surface area contributed by atoms with Gasteiger partial charge in [0.2, 0.25) is 0 Å². The van der Waals surface area contributed by atoms with Gasteiger partial charge in [-0.15, -0.1) is 0 Å². The Morgan fingerprint density at radius 2 is 0.727 bits per heavy atom. The molecule has 314 valence electrons. The molecule has 6 heteroatoms. The molecule has 2 heterocycles. The van der Waals surface area contributed by atoms with Crippen LogP contribution in [0.15, 0.2) is 179 Å². The molecule has 0 spiro atoms. The highest BCUT2D eigenvalue weighted by atomic mass is 16.3. The fraction of sp³-hybridized carbons (Fsp3) is 0.100. The average Bonchev–Trinajstić information content (AvgIpc) is 3.94. The van der Waals surface area contributed by atoms with Crippen molar-refractivity contribution in [2.75, 3.05) is 9.80 Å². The number of nitrogens with zero attached hydrogens (tertiary/aromatic N) is 4. The fourth-order valence-electron chi connectivity index (χ4n) is 10.3. The Balaban J connectivity index is 1.13. The summed E-state index contributed by atoms with van der Waals surface area (Å²) in [7, 11) is 0. The molecule has 0 aliphatic heterocycles. The van der Waals surface area contributed by atoms with Gasteiger partial charge in [0.15, 0.2) is 11.2 Å². The van der Waals surface area contributed by atoms with Gasteiger partial charge in [-0.2, -0.15) is 10.5 Å². The Hall–Kier alpha value is -8.58. The molecule has 0 atom stereocenters. The number of anilines is 6. The summed E-state index contributed by atoms with van der Waals surface area (Å²) in [6.07, 6.45) is 0. The highest BCUT2D eigenvalue weighted by molar-refractivity contribution is 6.29. The van der Waals surface area contributed by atoms with E-state index < -0.39 is 0 Å². The third kappa shape index (κ3) is 5.86. The molecule has 2 aromatic heterocycles. The number of hydrogen-bond donors (Lipinski definition) is 0. The molecule has 12 aromatic rings. The number of furan rings is 2. The molecule has 0 saturated carbocycles. The molecule has 0 N–H and O–H groups in total. The van der Waals surface area contributed by atoms with Crippen LogP contribution in [0.1, 0.15) is 61.8 Å². The molecule has 66 heavy (non-hydrogen) atoms. The van der Waals surface area contributed by atoms with Gasteiger partial charge in [-0.25, -0.2) is 0 Å². The van der Waals surface area contributed by atoms with Crippen LogP contribution in [0.2, 0.25) is 0 Å². The number of benzene rings is 10. The molecule has 12 rings (SSSR count). The zero-order chi connectivity index (χ0) is 44.8. The zero-order valence-corrected chi connectivity index (χ0v) is 36.9. The molecule has 0 aliphatic rings. The first kappa shape index (κ1) is 39.0. The van der Waals surface area contributed by atoms with Gasteiger partial charge < -0.3 is 18.6 Å². The van der Waals surface area contributed by atoms with E-state index in [1.165, 1.54) is 11.1 Å². The maximum Gasteiger partial charge on any atom is 0.159 e. The van der Waals surface area contributed by atoms with Crippen LogP contribution in [0.5, 0.6) is 0 Å². The third-order valence-electron chi connectivity index (χ3n) is 13.4. The summed E-state index contributed by atoms with van der Waals surface area (Å²) in [6.45, 7) is 8.81. The average molecular weight is 851 g/mol. The SMILES string of the molecule is CC(C)c1cccc2c1oc1c(N(c3ccc(C#N)cc3)c3ccc4ccc5c(N(c6ccc(C#N)cc6)c6cccc7c6oc6c(C(C)C)cccc67)ccc6ccc3c4c65)cccc12. The van der Waals surface area contributed by atoms with Gasteiger partial charge in [0.1, 0.15) is 11.2 Å².